The van der Waals surface area contributed by atoms with Gasteiger partial charge in [-0.2, -0.15) is 5.10 Å². The summed E-state index contributed by atoms with van der Waals surface area (Å²) >= 11 is 0. The van der Waals surface area contributed by atoms with Crippen molar-refractivity contribution < 1.29 is 9.59 Å². The molecule has 2 aromatic carbocycles. The number of piperidine rings is 1. The lowest BCUT2D eigenvalue weighted by Crippen LogP contribution is -2.54. The standard InChI is InChI=1S/C27H32N4O2/c1-21-12-15-29-31(21)17-13-25(32)30-16-7-14-27(20-30,26(33)28-2)19-22-8-6-11-24(18-22)23-9-4-3-5-10-23/h3-6,8-12,15,18H,7,13-14,16-17,19-20H2,1-2H3,(H,28,33). The van der Waals surface area contributed by atoms with Crippen molar-refractivity contribution in [2.45, 2.75) is 39.2 Å². The van der Waals surface area contributed by atoms with Crippen LogP contribution in [0.5, 0.6) is 0 Å². The van der Waals surface area contributed by atoms with Gasteiger partial charge >= 0.3 is 0 Å². The molecule has 1 N–H and O–H groups in total. The highest BCUT2D eigenvalue weighted by molar-refractivity contribution is 5.85. The fourth-order valence-electron chi connectivity index (χ4n) is 4.89. The second-order valence-corrected chi connectivity index (χ2v) is 8.97. The number of aryl methyl sites for hydroxylation is 2. The topological polar surface area (TPSA) is 67.2 Å². The van der Waals surface area contributed by atoms with E-state index in [4.69, 9.17) is 0 Å². The van der Waals surface area contributed by atoms with Crippen LogP contribution in [-0.4, -0.2) is 46.6 Å². The summed E-state index contributed by atoms with van der Waals surface area (Å²) in [6.07, 6.45) is 4.33. The van der Waals surface area contributed by atoms with Crippen molar-refractivity contribution in [1.82, 2.24) is 20.0 Å². The van der Waals surface area contributed by atoms with Gasteiger partial charge in [-0.25, -0.2) is 0 Å². The Kier molecular flexibility index (Phi) is 6.92. The first-order valence-corrected chi connectivity index (χ1v) is 11.6. The zero-order valence-corrected chi connectivity index (χ0v) is 19.5. The number of amides is 2. The molecule has 172 valence electrons. The third kappa shape index (κ3) is 5.16. The molecule has 1 fully saturated rings. The van der Waals surface area contributed by atoms with Crippen LogP contribution in [0.1, 0.15) is 30.5 Å². The van der Waals surface area contributed by atoms with Gasteiger partial charge in [0.2, 0.25) is 11.8 Å². The molecule has 2 heterocycles. The number of aromatic nitrogens is 2. The fourth-order valence-corrected chi connectivity index (χ4v) is 4.89. The molecule has 1 aliphatic rings. The highest BCUT2D eigenvalue weighted by Gasteiger charge is 2.43. The van der Waals surface area contributed by atoms with Crippen LogP contribution in [0.2, 0.25) is 0 Å². The number of nitrogens with one attached hydrogen (secondary N) is 1. The number of hydrogen-bond acceptors (Lipinski definition) is 3. The third-order valence-corrected chi connectivity index (χ3v) is 6.68. The molecule has 1 unspecified atom stereocenters. The highest BCUT2D eigenvalue weighted by Crippen LogP contribution is 2.35. The molecule has 0 bridgehead atoms. The van der Waals surface area contributed by atoms with Crippen LogP contribution in [-0.2, 0) is 22.6 Å². The van der Waals surface area contributed by atoms with Gasteiger partial charge in [0.15, 0.2) is 0 Å². The summed E-state index contributed by atoms with van der Waals surface area (Å²) in [6.45, 7) is 3.68. The number of hydrogen-bond donors (Lipinski definition) is 1. The molecule has 33 heavy (non-hydrogen) atoms. The minimum atomic E-state index is -0.625. The van der Waals surface area contributed by atoms with Crippen molar-refractivity contribution in [3.63, 3.8) is 0 Å². The summed E-state index contributed by atoms with van der Waals surface area (Å²) in [4.78, 5) is 28.1. The molecule has 0 aliphatic carbocycles. The Labute approximate surface area is 195 Å². The Morgan fingerprint density at radius 3 is 2.58 bits per heavy atom. The molecular formula is C27H32N4O2. The van der Waals surface area contributed by atoms with Gasteiger partial charge < -0.3 is 10.2 Å². The summed E-state index contributed by atoms with van der Waals surface area (Å²) in [5.74, 6) is 0.0870. The molecule has 3 aromatic rings. The Morgan fingerprint density at radius 2 is 1.85 bits per heavy atom. The fraction of sp³-hybridized carbons (Fsp3) is 0.370. The first-order chi connectivity index (χ1) is 16.0. The second kappa shape index (κ2) is 10.0. The van der Waals surface area contributed by atoms with E-state index in [1.807, 2.05) is 46.8 Å². The summed E-state index contributed by atoms with van der Waals surface area (Å²) in [7, 11) is 1.69. The zero-order chi connectivity index (χ0) is 23.3. The lowest BCUT2D eigenvalue weighted by atomic mass is 9.74. The minimum absolute atomic E-state index is 0.00744. The van der Waals surface area contributed by atoms with Crippen LogP contribution >= 0.6 is 0 Å². The number of carbonyl (C=O) groups is 2. The maximum absolute atomic E-state index is 13.1. The minimum Gasteiger partial charge on any atom is -0.359 e. The molecule has 4 rings (SSSR count). The molecule has 6 heteroatoms. The van der Waals surface area contributed by atoms with E-state index >= 15 is 0 Å². The molecule has 1 aromatic heterocycles. The van der Waals surface area contributed by atoms with Gasteiger partial charge in [0.1, 0.15) is 0 Å². The predicted octanol–water partition coefficient (Wildman–Crippen LogP) is 3.85. The van der Waals surface area contributed by atoms with Gasteiger partial charge in [0, 0.05) is 45.0 Å². The van der Waals surface area contributed by atoms with Crippen molar-refractivity contribution in [2.24, 2.45) is 5.41 Å². The van der Waals surface area contributed by atoms with E-state index in [-0.39, 0.29) is 11.8 Å². The summed E-state index contributed by atoms with van der Waals surface area (Å²) < 4.78 is 1.85. The van der Waals surface area contributed by atoms with Crippen LogP contribution in [0.25, 0.3) is 11.1 Å². The van der Waals surface area contributed by atoms with Gasteiger partial charge in [-0.15, -0.1) is 0 Å². The zero-order valence-electron chi connectivity index (χ0n) is 19.5. The lowest BCUT2D eigenvalue weighted by Gasteiger charge is -2.41. The summed E-state index contributed by atoms with van der Waals surface area (Å²) in [5.41, 5.74) is 3.82. The van der Waals surface area contributed by atoms with Crippen LogP contribution in [0.4, 0.5) is 0 Å². The quantitative estimate of drug-likeness (QED) is 0.602. The van der Waals surface area contributed by atoms with E-state index in [0.717, 1.165) is 35.2 Å². The van der Waals surface area contributed by atoms with E-state index in [2.05, 4.69) is 40.7 Å². The molecule has 0 spiro atoms. The van der Waals surface area contributed by atoms with E-state index in [1.165, 1.54) is 0 Å². The van der Waals surface area contributed by atoms with Crippen LogP contribution in [0.3, 0.4) is 0 Å². The molecule has 6 nitrogen and oxygen atoms in total. The largest absolute Gasteiger partial charge is 0.359 e. The number of rotatable bonds is 7. The van der Waals surface area contributed by atoms with Gasteiger partial charge in [0.05, 0.1) is 5.41 Å². The maximum atomic E-state index is 13.1. The van der Waals surface area contributed by atoms with E-state index in [1.54, 1.807) is 13.2 Å². The maximum Gasteiger partial charge on any atom is 0.228 e. The first kappa shape index (κ1) is 22.8. The van der Waals surface area contributed by atoms with Crippen molar-refractivity contribution in [3.05, 3.63) is 78.1 Å². The Bertz CT molecular complexity index is 1110. The van der Waals surface area contributed by atoms with Crippen LogP contribution in [0.15, 0.2) is 66.9 Å². The number of carbonyl (C=O) groups excluding carboxylic acids is 2. The predicted molar refractivity (Wildman–Crippen MR) is 129 cm³/mol. The number of nitrogens with zero attached hydrogens (tertiary/aromatic N) is 3. The monoisotopic (exact) mass is 444 g/mol. The average Bonchev–Trinajstić information content (AvgIpc) is 3.27. The van der Waals surface area contributed by atoms with Crippen LogP contribution in [0, 0.1) is 12.3 Å². The molecular weight excluding hydrogens is 412 g/mol. The number of likely N-dealkylation sites (tertiary alicyclic amines) is 1. The van der Waals surface area contributed by atoms with Crippen molar-refractivity contribution in [3.8, 4) is 11.1 Å². The van der Waals surface area contributed by atoms with Gasteiger partial charge in [-0.3, -0.25) is 14.3 Å². The smallest absolute Gasteiger partial charge is 0.228 e. The van der Waals surface area contributed by atoms with E-state index in [9.17, 15) is 9.59 Å². The first-order valence-electron chi connectivity index (χ1n) is 11.6. The van der Waals surface area contributed by atoms with Crippen molar-refractivity contribution in [2.75, 3.05) is 20.1 Å². The van der Waals surface area contributed by atoms with Crippen molar-refractivity contribution >= 4 is 11.8 Å². The normalized spacial score (nSPS) is 18.2. The lowest BCUT2D eigenvalue weighted by molar-refractivity contribution is -0.141. The van der Waals surface area contributed by atoms with Crippen LogP contribution < -0.4 is 5.32 Å². The van der Waals surface area contributed by atoms with Gasteiger partial charge in [0.25, 0.3) is 0 Å². The number of benzene rings is 2. The van der Waals surface area contributed by atoms with E-state index < -0.39 is 5.41 Å². The molecule has 0 radical (unpaired) electrons. The molecule has 1 atom stereocenters. The molecule has 2 amide bonds. The Hall–Kier alpha value is -3.41. The SMILES string of the molecule is CNC(=O)C1(Cc2cccc(-c3ccccc3)c2)CCCN(C(=O)CCn2nccc2C)C1. The van der Waals surface area contributed by atoms with E-state index in [0.29, 0.717) is 32.5 Å². The Morgan fingerprint density at radius 1 is 1.06 bits per heavy atom. The molecule has 1 saturated heterocycles. The third-order valence-electron chi connectivity index (χ3n) is 6.68. The molecule has 0 saturated carbocycles. The Balaban J connectivity index is 1.51. The summed E-state index contributed by atoms with van der Waals surface area (Å²) in [5, 5.41) is 7.15. The second-order valence-electron chi connectivity index (χ2n) is 8.97. The van der Waals surface area contributed by atoms with Crippen molar-refractivity contribution in [1.29, 1.82) is 0 Å². The summed E-state index contributed by atoms with van der Waals surface area (Å²) in [6, 6.07) is 20.6. The van der Waals surface area contributed by atoms with Gasteiger partial charge in [-0.1, -0.05) is 54.6 Å². The average molecular weight is 445 g/mol. The molecule has 1 aliphatic heterocycles. The highest BCUT2D eigenvalue weighted by atomic mass is 16.2. The van der Waals surface area contributed by atoms with Gasteiger partial charge in [-0.05, 0) is 48.9 Å².